The number of hydrogen-bond donors (Lipinski definition) is 3. The number of benzene rings is 2. The van der Waals surface area contributed by atoms with E-state index in [0.29, 0.717) is 40.4 Å². The molecule has 4 unspecified atom stereocenters. The van der Waals surface area contributed by atoms with E-state index in [1.807, 2.05) is 26.2 Å². The molecule has 0 bridgehead atoms. The van der Waals surface area contributed by atoms with E-state index in [0.717, 1.165) is 5.56 Å². The number of carbonyl (C=O) groups excluding carboxylic acids is 3. The Balaban J connectivity index is 2.09. The van der Waals surface area contributed by atoms with Gasteiger partial charge in [-0.25, -0.2) is 4.79 Å². The van der Waals surface area contributed by atoms with Crippen LogP contribution in [0.2, 0.25) is 5.02 Å². The van der Waals surface area contributed by atoms with Crippen molar-refractivity contribution in [3.05, 3.63) is 58.1 Å². The lowest BCUT2D eigenvalue weighted by molar-refractivity contribution is -0.141. The van der Waals surface area contributed by atoms with Gasteiger partial charge >= 0.3 is 6.09 Å². The third-order valence-corrected chi connectivity index (χ3v) is 7.80. The Morgan fingerprint density at radius 3 is 2.35 bits per heavy atom. The van der Waals surface area contributed by atoms with Gasteiger partial charge in [-0.2, -0.15) is 11.8 Å². The number of amides is 3. The minimum Gasteiger partial charge on any atom is -0.507 e. The first kappa shape index (κ1) is 31.6. The fourth-order valence-corrected chi connectivity index (χ4v) is 5.34. The topological polar surface area (TPSA) is 108 Å². The number of thioether (sulfide) groups is 1. The van der Waals surface area contributed by atoms with Gasteiger partial charge in [0, 0.05) is 11.6 Å². The molecule has 3 N–H and O–H groups in total. The molecule has 1 aliphatic carbocycles. The number of aryl methyl sites for hydroxylation is 2. The molecule has 3 amide bonds. The van der Waals surface area contributed by atoms with E-state index in [1.54, 1.807) is 69.8 Å². The van der Waals surface area contributed by atoms with E-state index >= 15 is 0 Å². The zero-order chi connectivity index (χ0) is 29.8. The number of para-hydroxylation sites is 2. The predicted octanol–water partition coefficient (Wildman–Crippen LogP) is 6.23. The molecule has 0 spiro atoms. The van der Waals surface area contributed by atoms with Gasteiger partial charge < -0.3 is 25.4 Å². The number of carbonyl (C=O) groups is 3. The second kappa shape index (κ2) is 13.2. The lowest BCUT2D eigenvalue weighted by Crippen LogP contribution is -2.53. The molecule has 40 heavy (non-hydrogen) atoms. The SMILES string of the molecule is CSCCC(NC(=O)OC(C)(C)C)C(=O)N(C(C(=O)Nc1c(C)cccc1Cl)c1cccc(C)c1O)C1CC1C. The second-order valence-electron chi connectivity index (χ2n) is 11.3. The molecule has 0 saturated heterocycles. The number of phenols is 1. The van der Waals surface area contributed by atoms with Crippen LogP contribution >= 0.6 is 23.4 Å². The smallest absolute Gasteiger partial charge is 0.408 e. The number of nitrogens with zero attached hydrogens (tertiary/aromatic N) is 1. The van der Waals surface area contributed by atoms with E-state index in [9.17, 15) is 19.5 Å². The zero-order valence-electron chi connectivity index (χ0n) is 24.2. The van der Waals surface area contributed by atoms with Crippen molar-refractivity contribution in [2.75, 3.05) is 17.3 Å². The Morgan fingerprint density at radius 1 is 1.15 bits per heavy atom. The molecular formula is C30H40ClN3O5S. The molecule has 1 fully saturated rings. The Labute approximate surface area is 246 Å². The van der Waals surface area contributed by atoms with E-state index in [1.165, 1.54) is 4.90 Å². The molecule has 0 heterocycles. The number of phenolic OH excluding ortho intramolecular Hbond substituents is 1. The average Bonchev–Trinajstić information content (AvgIpc) is 3.58. The van der Waals surface area contributed by atoms with Gasteiger partial charge in [-0.15, -0.1) is 0 Å². The van der Waals surface area contributed by atoms with Crippen LogP contribution in [0.25, 0.3) is 0 Å². The number of anilines is 1. The van der Waals surface area contributed by atoms with Crippen LogP contribution in [0, 0.1) is 19.8 Å². The number of nitrogens with one attached hydrogen (secondary N) is 2. The highest BCUT2D eigenvalue weighted by atomic mass is 35.5. The average molecular weight is 590 g/mol. The Kier molecular flexibility index (Phi) is 10.4. The van der Waals surface area contributed by atoms with Crippen molar-refractivity contribution in [3.8, 4) is 5.75 Å². The molecular weight excluding hydrogens is 550 g/mol. The summed E-state index contributed by atoms with van der Waals surface area (Å²) in [5, 5.41) is 17.1. The van der Waals surface area contributed by atoms with Gasteiger partial charge in [0.2, 0.25) is 5.91 Å². The van der Waals surface area contributed by atoms with Crippen LogP contribution in [0.3, 0.4) is 0 Å². The van der Waals surface area contributed by atoms with Crippen LogP contribution in [0.4, 0.5) is 10.5 Å². The first-order valence-electron chi connectivity index (χ1n) is 13.4. The monoisotopic (exact) mass is 589 g/mol. The first-order valence-corrected chi connectivity index (χ1v) is 15.2. The Bertz CT molecular complexity index is 1230. The van der Waals surface area contributed by atoms with E-state index in [2.05, 4.69) is 10.6 Å². The molecule has 218 valence electrons. The molecule has 1 saturated carbocycles. The van der Waals surface area contributed by atoms with E-state index < -0.39 is 35.6 Å². The normalized spacial score (nSPS) is 17.9. The highest BCUT2D eigenvalue weighted by molar-refractivity contribution is 7.98. The third kappa shape index (κ3) is 7.85. The maximum absolute atomic E-state index is 14.3. The number of rotatable bonds is 10. The maximum Gasteiger partial charge on any atom is 0.408 e. The number of ether oxygens (including phenoxy) is 1. The summed E-state index contributed by atoms with van der Waals surface area (Å²) < 4.78 is 5.45. The summed E-state index contributed by atoms with van der Waals surface area (Å²) in [4.78, 5) is 42.7. The van der Waals surface area contributed by atoms with Crippen LogP contribution in [0.1, 0.15) is 63.3 Å². The van der Waals surface area contributed by atoms with Gasteiger partial charge in [0.25, 0.3) is 5.91 Å². The highest BCUT2D eigenvalue weighted by Gasteiger charge is 2.49. The molecule has 1 aliphatic rings. The fraction of sp³-hybridized carbons (Fsp3) is 0.500. The molecule has 8 nitrogen and oxygen atoms in total. The summed E-state index contributed by atoms with van der Waals surface area (Å²) >= 11 is 7.98. The summed E-state index contributed by atoms with van der Waals surface area (Å²) in [7, 11) is 0. The van der Waals surface area contributed by atoms with E-state index in [4.69, 9.17) is 16.3 Å². The summed E-state index contributed by atoms with van der Waals surface area (Å²) in [6.07, 6.45) is 2.24. The summed E-state index contributed by atoms with van der Waals surface area (Å²) in [6.45, 7) is 10.8. The summed E-state index contributed by atoms with van der Waals surface area (Å²) in [5.41, 5.74) is 1.33. The van der Waals surface area contributed by atoms with Gasteiger partial charge in [-0.3, -0.25) is 9.59 Å². The minimum atomic E-state index is -1.17. The lowest BCUT2D eigenvalue weighted by Gasteiger charge is -2.35. The quantitative estimate of drug-likeness (QED) is 0.303. The minimum absolute atomic E-state index is 0.0644. The fourth-order valence-electron chi connectivity index (χ4n) is 4.60. The zero-order valence-corrected chi connectivity index (χ0v) is 25.8. The largest absolute Gasteiger partial charge is 0.507 e. The molecule has 0 aliphatic heterocycles. The molecule has 0 radical (unpaired) electrons. The molecule has 0 aromatic heterocycles. The maximum atomic E-state index is 14.3. The summed E-state index contributed by atoms with van der Waals surface area (Å²) in [5.74, 6) is -0.246. The standard InChI is InChI=1S/C30H40ClN3O5S/c1-17-10-9-13-21(31)24(17)33-27(36)25(20-12-8-11-18(2)26(20)35)34(23-16-19(23)3)28(37)22(14-15-40-7)32-29(38)39-30(4,5)6/h8-13,19,22-23,25,35H,14-16H2,1-7H3,(H,32,38)(H,33,36). The number of alkyl carbamates (subject to hydrolysis) is 1. The first-order chi connectivity index (χ1) is 18.7. The van der Waals surface area contributed by atoms with Crippen LogP contribution in [0.15, 0.2) is 36.4 Å². The second-order valence-corrected chi connectivity index (χ2v) is 12.7. The Morgan fingerprint density at radius 2 is 1.77 bits per heavy atom. The molecule has 2 aromatic rings. The van der Waals surface area contributed by atoms with Crippen LogP contribution in [-0.4, -0.2) is 57.6 Å². The lowest BCUT2D eigenvalue weighted by atomic mass is 9.98. The van der Waals surface area contributed by atoms with Crippen LogP contribution in [-0.2, 0) is 14.3 Å². The van der Waals surface area contributed by atoms with Gasteiger partial charge in [-0.1, -0.05) is 48.9 Å². The third-order valence-electron chi connectivity index (χ3n) is 6.84. The van der Waals surface area contributed by atoms with Crippen molar-refractivity contribution in [2.24, 2.45) is 5.92 Å². The van der Waals surface area contributed by atoms with Crippen molar-refractivity contribution in [1.29, 1.82) is 0 Å². The van der Waals surface area contributed by atoms with Gasteiger partial charge in [0.1, 0.15) is 23.4 Å². The van der Waals surface area contributed by atoms with Crippen molar-refractivity contribution < 1.29 is 24.2 Å². The predicted molar refractivity (Wildman–Crippen MR) is 161 cm³/mol. The Hall–Kier alpha value is -2.91. The number of aromatic hydroxyl groups is 1. The van der Waals surface area contributed by atoms with Crippen LogP contribution in [0.5, 0.6) is 5.75 Å². The molecule has 3 rings (SSSR count). The molecule has 2 aromatic carbocycles. The van der Waals surface area contributed by atoms with Crippen molar-refractivity contribution in [1.82, 2.24) is 10.2 Å². The van der Waals surface area contributed by atoms with Gasteiger partial charge in [-0.05, 0) is 82.6 Å². The van der Waals surface area contributed by atoms with Crippen molar-refractivity contribution >= 4 is 47.0 Å². The van der Waals surface area contributed by atoms with Crippen molar-refractivity contribution in [2.45, 2.75) is 78.1 Å². The number of halogens is 1. The van der Waals surface area contributed by atoms with Crippen molar-refractivity contribution in [3.63, 3.8) is 0 Å². The molecule has 10 heteroatoms. The highest BCUT2D eigenvalue weighted by Crippen LogP contribution is 2.43. The molecule has 4 atom stereocenters. The number of hydrogen-bond acceptors (Lipinski definition) is 6. The van der Waals surface area contributed by atoms with Crippen LogP contribution < -0.4 is 10.6 Å². The van der Waals surface area contributed by atoms with Gasteiger partial charge in [0.15, 0.2) is 0 Å². The summed E-state index contributed by atoms with van der Waals surface area (Å²) in [6, 6.07) is 8.07. The van der Waals surface area contributed by atoms with Gasteiger partial charge in [0.05, 0.1) is 10.7 Å². The van der Waals surface area contributed by atoms with E-state index in [-0.39, 0.29) is 17.7 Å².